The van der Waals surface area contributed by atoms with Gasteiger partial charge in [-0.05, 0) is 49.2 Å². The van der Waals surface area contributed by atoms with Crippen LogP contribution in [0.3, 0.4) is 0 Å². The first kappa shape index (κ1) is 20.1. The predicted molar refractivity (Wildman–Crippen MR) is 124 cm³/mol. The number of nitrogens with two attached hydrogens (primary N) is 1. The van der Waals surface area contributed by atoms with Gasteiger partial charge in [-0.15, -0.1) is 11.3 Å². The molecule has 0 radical (unpaired) electrons. The molecule has 0 spiro atoms. The Morgan fingerprint density at radius 2 is 1.97 bits per heavy atom. The average Bonchev–Trinajstić information content (AvgIpc) is 3.57. The van der Waals surface area contributed by atoms with Crippen molar-refractivity contribution in [1.29, 1.82) is 5.41 Å². The molecule has 1 saturated heterocycles. The Kier molecular flexibility index (Phi) is 5.51. The third-order valence-corrected chi connectivity index (χ3v) is 6.20. The van der Waals surface area contributed by atoms with Crippen molar-refractivity contribution in [3.63, 3.8) is 0 Å². The SMILES string of the molecule is N=C(N)N1CCC[C@H]1Cc1nc(-c2ccc(Nc3nc(-c4ccncc4)cs3)cc2)no1. The molecule has 1 aliphatic rings. The van der Waals surface area contributed by atoms with Crippen LogP contribution in [-0.2, 0) is 6.42 Å². The van der Waals surface area contributed by atoms with Crippen molar-refractivity contribution in [3.8, 4) is 22.6 Å². The minimum absolute atomic E-state index is 0.100. The molecule has 1 aliphatic heterocycles. The van der Waals surface area contributed by atoms with E-state index in [0.29, 0.717) is 18.1 Å². The number of nitrogens with zero attached hydrogens (tertiary/aromatic N) is 5. The van der Waals surface area contributed by atoms with Crippen LogP contribution in [0.1, 0.15) is 18.7 Å². The second-order valence-electron chi connectivity index (χ2n) is 7.57. The van der Waals surface area contributed by atoms with Crippen molar-refractivity contribution in [2.45, 2.75) is 25.3 Å². The van der Waals surface area contributed by atoms with Crippen molar-refractivity contribution in [2.75, 3.05) is 11.9 Å². The Morgan fingerprint density at radius 1 is 1.16 bits per heavy atom. The first-order valence-electron chi connectivity index (χ1n) is 10.3. The van der Waals surface area contributed by atoms with E-state index in [0.717, 1.165) is 47.0 Å². The van der Waals surface area contributed by atoms with Crippen LogP contribution in [0.5, 0.6) is 0 Å². The average molecular weight is 447 g/mol. The second-order valence-corrected chi connectivity index (χ2v) is 8.42. The maximum absolute atomic E-state index is 7.70. The Labute approximate surface area is 188 Å². The number of pyridine rings is 1. The largest absolute Gasteiger partial charge is 0.370 e. The van der Waals surface area contributed by atoms with Crippen molar-refractivity contribution < 1.29 is 4.52 Å². The van der Waals surface area contributed by atoms with Crippen LogP contribution in [-0.4, -0.2) is 43.6 Å². The lowest BCUT2D eigenvalue weighted by Crippen LogP contribution is -2.41. The molecule has 1 fully saturated rings. The van der Waals surface area contributed by atoms with Crippen molar-refractivity contribution >= 4 is 28.1 Å². The maximum atomic E-state index is 7.70. The molecule has 0 bridgehead atoms. The highest BCUT2D eigenvalue weighted by molar-refractivity contribution is 7.14. The molecule has 5 rings (SSSR count). The molecule has 32 heavy (non-hydrogen) atoms. The molecule has 0 unspecified atom stereocenters. The van der Waals surface area contributed by atoms with E-state index in [1.807, 2.05) is 46.7 Å². The first-order valence-corrected chi connectivity index (χ1v) is 11.2. The number of guanidine groups is 1. The molecule has 4 heterocycles. The molecule has 1 atom stereocenters. The summed E-state index contributed by atoms with van der Waals surface area (Å²) in [7, 11) is 0. The van der Waals surface area contributed by atoms with Gasteiger partial charge in [0, 0.05) is 53.6 Å². The molecule has 3 aromatic heterocycles. The molecule has 0 amide bonds. The molecule has 10 heteroatoms. The lowest BCUT2D eigenvalue weighted by molar-refractivity contribution is 0.320. The van der Waals surface area contributed by atoms with Crippen LogP contribution in [0.4, 0.5) is 10.8 Å². The number of hydrogen-bond donors (Lipinski definition) is 3. The molecule has 0 saturated carbocycles. The maximum Gasteiger partial charge on any atom is 0.229 e. The molecule has 0 aliphatic carbocycles. The standard InChI is InChI=1S/C22H22N8OS/c23-21(24)30-11-1-2-17(30)12-19-28-20(29-31-19)15-3-5-16(6-4-15)26-22-27-18(13-32-22)14-7-9-25-10-8-14/h3-10,13,17H,1-2,11-12H2,(H3,23,24)(H,26,27)/t17-/m0/s1. The van der Waals surface area contributed by atoms with E-state index in [1.54, 1.807) is 23.7 Å². The van der Waals surface area contributed by atoms with E-state index < -0.39 is 0 Å². The minimum atomic E-state index is 0.100. The Balaban J connectivity index is 1.24. The van der Waals surface area contributed by atoms with E-state index >= 15 is 0 Å². The van der Waals surface area contributed by atoms with E-state index in [1.165, 1.54) is 0 Å². The van der Waals surface area contributed by atoms with Gasteiger partial charge in [0.2, 0.25) is 11.7 Å². The van der Waals surface area contributed by atoms with E-state index in [4.69, 9.17) is 15.7 Å². The predicted octanol–water partition coefficient (Wildman–Crippen LogP) is 3.90. The van der Waals surface area contributed by atoms with Gasteiger partial charge in [0.25, 0.3) is 0 Å². The summed E-state index contributed by atoms with van der Waals surface area (Å²) < 4.78 is 5.45. The van der Waals surface area contributed by atoms with Gasteiger partial charge in [0.05, 0.1) is 5.69 Å². The van der Waals surface area contributed by atoms with Crippen molar-refractivity contribution in [2.24, 2.45) is 5.73 Å². The quantitative estimate of drug-likeness (QED) is 0.300. The fraction of sp³-hybridized carbons (Fsp3) is 0.227. The highest BCUT2D eigenvalue weighted by atomic mass is 32.1. The van der Waals surface area contributed by atoms with E-state index in [-0.39, 0.29) is 12.0 Å². The molecule has 4 N–H and O–H groups in total. The second kappa shape index (κ2) is 8.75. The molecule has 9 nitrogen and oxygen atoms in total. The zero-order chi connectivity index (χ0) is 21.9. The number of hydrogen-bond acceptors (Lipinski definition) is 8. The third kappa shape index (κ3) is 4.30. The van der Waals surface area contributed by atoms with E-state index in [2.05, 4.69) is 25.4 Å². The number of thiazole rings is 1. The van der Waals surface area contributed by atoms with E-state index in [9.17, 15) is 0 Å². The van der Waals surface area contributed by atoms with Crippen molar-refractivity contribution in [1.82, 2.24) is 25.0 Å². The summed E-state index contributed by atoms with van der Waals surface area (Å²) in [5.74, 6) is 1.21. The monoisotopic (exact) mass is 446 g/mol. The van der Waals surface area contributed by atoms with Crippen LogP contribution in [0, 0.1) is 5.41 Å². The number of likely N-dealkylation sites (tertiary alicyclic amines) is 1. The summed E-state index contributed by atoms with van der Waals surface area (Å²) in [5.41, 5.74) is 9.42. The number of nitrogens with one attached hydrogen (secondary N) is 2. The van der Waals surface area contributed by atoms with Crippen molar-refractivity contribution in [3.05, 3.63) is 60.1 Å². The van der Waals surface area contributed by atoms with Gasteiger partial charge in [-0.3, -0.25) is 10.4 Å². The Hall–Kier alpha value is -3.79. The molecular weight excluding hydrogens is 424 g/mol. The zero-order valence-corrected chi connectivity index (χ0v) is 18.0. The molecule has 162 valence electrons. The van der Waals surface area contributed by atoms with Gasteiger partial charge in [0.15, 0.2) is 11.1 Å². The highest BCUT2D eigenvalue weighted by Crippen LogP contribution is 2.28. The van der Waals surface area contributed by atoms with Crippen LogP contribution in [0.15, 0.2) is 58.7 Å². The fourth-order valence-corrected chi connectivity index (χ4v) is 4.57. The summed E-state index contributed by atoms with van der Waals surface area (Å²) in [6.07, 6.45) is 6.10. The fourth-order valence-electron chi connectivity index (χ4n) is 3.83. The van der Waals surface area contributed by atoms with Gasteiger partial charge in [-0.25, -0.2) is 4.98 Å². The van der Waals surface area contributed by atoms with Crippen LogP contribution < -0.4 is 11.1 Å². The summed E-state index contributed by atoms with van der Waals surface area (Å²) >= 11 is 1.55. The van der Waals surface area contributed by atoms with Gasteiger partial charge in [0.1, 0.15) is 0 Å². The smallest absolute Gasteiger partial charge is 0.229 e. The van der Waals surface area contributed by atoms with Gasteiger partial charge >= 0.3 is 0 Å². The molecule has 1 aromatic carbocycles. The lowest BCUT2D eigenvalue weighted by Gasteiger charge is -2.23. The lowest BCUT2D eigenvalue weighted by atomic mass is 10.1. The van der Waals surface area contributed by atoms with Gasteiger partial charge in [-0.2, -0.15) is 4.98 Å². The topological polar surface area (TPSA) is 130 Å². The third-order valence-electron chi connectivity index (χ3n) is 5.44. The summed E-state index contributed by atoms with van der Waals surface area (Å²) in [6.45, 7) is 0.804. The number of anilines is 2. The van der Waals surface area contributed by atoms with Crippen LogP contribution in [0.2, 0.25) is 0 Å². The number of benzene rings is 1. The Morgan fingerprint density at radius 3 is 2.75 bits per heavy atom. The molecular formula is C22H22N8OS. The number of rotatable bonds is 6. The highest BCUT2D eigenvalue weighted by Gasteiger charge is 2.27. The first-order chi connectivity index (χ1) is 15.7. The van der Waals surface area contributed by atoms with Gasteiger partial charge in [-0.1, -0.05) is 5.16 Å². The zero-order valence-electron chi connectivity index (χ0n) is 17.2. The normalized spacial score (nSPS) is 15.8. The summed E-state index contributed by atoms with van der Waals surface area (Å²) in [4.78, 5) is 15.1. The Bertz CT molecular complexity index is 1200. The summed E-state index contributed by atoms with van der Waals surface area (Å²) in [6, 6.07) is 11.9. The van der Waals surface area contributed by atoms with Crippen LogP contribution in [0.25, 0.3) is 22.6 Å². The van der Waals surface area contributed by atoms with Crippen LogP contribution >= 0.6 is 11.3 Å². The molecule has 4 aromatic rings. The van der Waals surface area contributed by atoms with Gasteiger partial charge < -0.3 is 20.5 Å². The summed E-state index contributed by atoms with van der Waals surface area (Å²) in [5, 5.41) is 18.0. The number of aromatic nitrogens is 4. The minimum Gasteiger partial charge on any atom is -0.370 e.